The number of thioether (sulfide) groups is 1. The summed E-state index contributed by atoms with van der Waals surface area (Å²) in [4.78, 5) is 0. The van der Waals surface area contributed by atoms with Crippen molar-refractivity contribution in [1.29, 1.82) is 0 Å². The third-order valence-electron chi connectivity index (χ3n) is 1.39. The van der Waals surface area contributed by atoms with Crippen LogP contribution in [0.4, 0.5) is 0 Å². The molecule has 1 heterocycles. The first-order chi connectivity index (χ1) is 4.43. The number of nitrogens with one attached hydrogen (secondary N) is 1. The molecule has 0 spiro atoms. The molecule has 0 atom stereocenters. The second-order valence-electron chi connectivity index (χ2n) is 2.14. The van der Waals surface area contributed by atoms with Crippen LogP contribution in [-0.2, 0) is 4.74 Å². The molecule has 1 fully saturated rings. The lowest BCUT2D eigenvalue weighted by atomic mass is 10.2. The van der Waals surface area contributed by atoms with Crippen molar-refractivity contribution in [1.82, 2.24) is 5.32 Å². The van der Waals surface area contributed by atoms with E-state index >= 15 is 0 Å². The fraction of sp³-hybridized carbons (Fsp3) is 1.00. The molecule has 0 unspecified atom stereocenters. The summed E-state index contributed by atoms with van der Waals surface area (Å²) in [6.07, 6.45) is 2.61. The van der Waals surface area contributed by atoms with Crippen molar-refractivity contribution in [3.05, 3.63) is 0 Å². The van der Waals surface area contributed by atoms with Crippen molar-refractivity contribution in [3.63, 3.8) is 0 Å². The fourth-order valence-electron chi connectivity index (χ4n) is 0.678. The van der Waals surface area contributed by atoms with Crippen molar-refractivity contribution in [2.75, 3.05) is 31.7 Å². The topological polar surface area (TPSA) is 21.3 Å². The van der Waals surface area contributed by atoms with E-state index < -0.39 is 0 Å². The quantitative estimate of drug-likeness (QED) is 0.579. The lowest BCUT2D eigenvalue weighted by molar-refractivity contribution is 0.0286. The van der Waals surface area contributed by atoms with Crippen molar-refractivity contribution >= 4 is 11.8 Å². The third kappa shape index (κ3) is 2.56. The highest BCUT2D eigenvalue weighted by atomic mass is 32.2. The molecule has 0 bridgehead atoms. The van der Waals surface area contributed by atoms with Crippen LogP contribution in [0.5, 0.6) is 0 Å². The van der Waals surface area contributed by atoms with Crippen LogP contribution in [0.3, 0.4) is 0 Å². The van der Waals surface area contributed by atoms with Gasteiger partial charge in [0, 0.05) is 18.8 Å². The maximum absolute atomic E-state index is 5.44. The van der Waals surface area contributed by atoms with Crippen LogP contribution >= 0.6 is 11.8 Å². The zero-order valence-electron chi connectivity index (χ0n) is 5.72. The smallest absolute Gasteiger partial charge is 0.0823 e. The van der Waals surface area contributed by atoms with E-state index in [1.807, 2.05) is 11.8 Å². The molecule has 0 amide bonds. The molecule has 1 aliphatic heterocycles. The lowest BCUT2D eigenvalue weighted by Gasteiger charge is -2.26. The van der Waals surface area contributed by atoms with Crippen molar-refractivity contribution in [2.45, 2.75) is 6.10 Å². The first-order valence-electron chi connectivity index (χ1n) is 3.24. The van der Waals surface area contributed by atoms with E-state index in [4.69, 9.17) is 4.74 Å². The molecule has 0 aromatic carbocycles. The molecule has 1 N–H and O–H groups in total. The van der Waals surface area contributed by atoms with Gasteiger partial charge in [0.2, 0.25) is 0 Å². The normalized spacial score (nSPS) is 19.7. The van der Waals surface area contributed by atoms with E-state index in [1.165, 1.54) is 0 Å². The predicted molar refractivity (Wildman–Crippen MR) is 41.0 cm³/mol. The van der Waals surface area contributed by atoms with Gasteiger partial charge in [-0.3, -0.25) is 0 Å². The summed E-state index contributed by atoms with van der Waals surface area (Å²) in [7, 11) is 0. The summed E-state index contributed by atoms with van der Waals surface area (Å²) in [5.74, 6) is 1.12. The molecule has 1 rings (SSSR count). The van der Waals surface area contributed by atoms with E-state index in [0.717, 1.165) is 25.4 Å². The summed E-state index contributed by atoms with van der Waals surface area (Å²) in [6.45, 7) is 3.01. The molecule has 0 saturated carbocycles. The van der Waals surface area contributed by atoms with Crippen molar-refractivity contribution < 1.29 is 4.74 Å². The van der Waals surface area contributed by atoms with Gasteiger partial charge in [-0.2, -0.15) is 11.8 Å². The Bertz CT molecular complexity index is 75.5. The second kappa shape index (κ2) is 4.14. The van der Waals surface area contributed by atoms with Gasteiger partial charge in [0.1, 0.15) is 0 Å². The molecule has 9 heavy (non-hydrogen) atoms. The molecular weight excluding hydrogens is 134 g/mol. The number of hydrogen-bond acceptors (Lipinski definition) is 3. The molecule has 1 aliphatic rings. The van der Waals surface area contributed by atoms with E-state index in [9.17, 15) is 0 Å². The predicted octanol–water partition coefficient (Wildman–Crippen LogP) is 0.338. The molecule has 3 heteroatoms. The Kier molecular flexibility index (Phi) is 3.40. The average molecular weight is 147 g/mol. The number of hydrogen-bond donors (Lipinski definition) is 1. The van der Waals surface area contributed by atoms with Crippen LogP contribution in [0.2, 0.25) is 0 Å². The van der Waals surface area contributed by atoms with Gasteiger partial charge < -0.3 is 10.1 Å². The van der Waals surface area contributed by atoms with Crippen LogP contribution < -0.4 is 5.32 Å². The zero-order valence-corrected chi connectivity index (χ0v) is 6.54. The summed E-state index contributed by atoms with van der Waals surface area (Å²) >= 11 is 1.83. The second-order valence-corrected chi connectivity index (χ2v) is 3.13. The van der Waals surface area contributed by atoms with Gasteiger partial charge in [-0.15, -0.1) is 0 Å². The van der Waals surface area contributed by atoms with E-state index in [2.05, 4.69) is 11.6 Å². The largest absolute Gasteiger partial charge is 0.375 e. The van der Waals surface area contributed by atoms with Crippen LogP contribution in [0.15, 0.2) is 0 Å². The molecule has 0 aromatic heterocycles. The lowest BCUT2D eigenvalue weighted by Crippen LogP contribution is -2.48. The Morgan fingerprint density at radius 1 is 1.67 bits per heavy atom. The number of rotatable bonds is 4. The Hall–Kier alpha value is 0.270. The molecular formula is C6H13NOS. The SMILES string of the molecule is CSCCOC1CNC1. The van der Waals surface area contributed by atoms with E-state index in [-0.39, 0.29) is 0 Å². The maximum Gasteiger partial charge on any atom is 0.0823 e. The van der Waals surface area contributed by atoms with Crippen LogP contribution in [-0.4, -0.2) is 37.8 Å². The molecule has 0 radical (unpaired) electrons. The molecule has 2 nitrogen and oxygen atoms in total. The summed E-state index contributed by atoms with van der Waals surface area (Å²) in [5.41, 5.74) is 0. The highest BCUT2D eigenvalue weighted by Gasteiger charge is 2.15. The van der Waals surface area contributed by atoms with Crippen molar-refractivity contribution in [3.8, 4) is 0 Å². The van der Waals surface area contributed by atoms with Crippen LogP contribution in [0.1, 0.15) is 0 Å². The van der Waals surface area contributed by atoms with Gasteiger partial charge in [-0.1, -0.05) is 0 Å². The first-order valence-corrected chi connectivity index (χ1v) is 4.64. The van der Waals surface area contributed by atoms with Gasteiger partial charge in [0.05, 0.1) is 12.7 Å². The summed E-state index contributed by atoms with van der Waals surface area (Å²) in [5, 5.41) is 3.16. The molecule has 0 aliphatic carbocycles. The fourth-order valence-corrected chi connectivity index (χ4v) is 0.941. The Morgan fingerprint density at radius 3 is 2.89 bits per heavy atom. The van der Waals surface area contributed by atoms with E-state index in [1.54, 1.807) is 0 Å². The summed E-state index contributed by atoms with van der Waals surface area (Å²) < 4.78 is 5.44. The first kappa shape index (κ1) is 7.38. The Labute approximate surface area is 60.3 Å². The standard InChI is InChI=1S/C6H13NOS/c1-9-3-2-8-6-4-7-5-6/h6-7H,2-5H2,1H3. The zero-order chi connectivity index (χ0) is 6.53. The van der Waals surface area contributed by atoms with Crippen LogP contribution in [0, 0.1) is 0 Å². The van der Waals surface area contributed by atoms with Gasteiger partial charge in [0.15, 0.2) is 0 Å². The highest BCUT2D eigenvalue weighted by Crippen LogP contribution is 1.99. The monoisotopic (exact) mass is 147 g/mol. The maximum atomic E-state index is 5.44. The molecule has 54 valence electrons. The highest BCUT2D eigenvalue weighted by molar-refractivity contribution is 7.98. The van der Waals surface area contributed by atoms with Gasteiger partial charge in [-0.05, 0) is 6.26 Å². The minimum Gasteiger partial charge on any atom is -0.375 e. The van der Waals surface area contributed by atoms with Crippen molar-refractivity contribution in [2.24, 2.45) is 0 Å². The van der Waals surface area contributed by atoms with Crippen LogP contribution in [0.25, 0.3) is 0 Å². The van der Waals surface area contributed by atoms with Gasteiger partial charge in [0.25, 0.3) is 0 Å². The van der Waals surface area contributed by atoms with Gasteiger partial charge in [-0.25, -0.2) is 0 Å². The average Bonchev–Trinajstić information content (AvgIpc) is 1.76. The van der Waals surface area contributed by atoms with E-state index in [0.29, 0.717) is 6.10 Å². The summed E-state index contributed by atoms with van der Waals surface area (Å²) in [6, 6.07) is 0. The minimum atomic E-state index is 0.511. The molecule has 1 saturated heterocycles. The Balaban J connectivity index is 1.80. The number of ether oxygens (including phenoxy) is 1. The molecule has 0 aromatic rings. The third-order valence-corrected chi connectivity index (χ3v) is 1.96. The Morgan fingerprint density at radius 2 is 2.44 bits per heavy atom. The van der Waals surface area contributed by atoms with Gasteiger partial charge >= 0.3 is 0 Å². The minimum absolute atomic E-state index is 0.511.